The average molecular weight is 541 g/mol. The maximum atomic E-state index is 13.8. The van der Waals surface area contributed by atoms with Crippen molar-refractivity contribution in [2.45, 2.75) is 45.7 Å². The highest BCUT2D eigenvalue weighted by molar-refractivity contribution is 7.10. The summed E-state index contributed by atoms with van der Waals surface area (Å²) in [7, 11) is 1.59. The molecule has 0 N–H and O–H groups in total. The summed E-state index contributed by atoms with van der Waals surface area (Å²) in [4.78, 5) is 32.1. The van der Waals surface area contributed by atoms with Gasteiger partial charge in [-0.1, -0.05) is 11.6 Å². The molecule has 1 aliphatic heterocycles. The van der Waals surface area contributed by atoms with Crippen LogP contribution in [0.15, 0.2) is 53.9 Å². The third kappa shape index (κ3) is 6.11. The highest BCUT2D eigenvalue weighted by Crippen LogP contribution is 2.34. The summed E-state index contributed by atoms with van der Waals surface area (Å²) in [5.74, 6) is 1.09. The minimum Gasteiger partial charge on any atom is -0.497 e. The molecule has 1 aromatic heterocycles. The quantitative estimate of drug-likeness (QED) is 0.360. The summed E-state index contributed by atoms with van der Waals surface area (Å²) >= 11 is 7.88. The molecule has 0 unspecified atom stereocenters. The molecule has 0 spiro atoms. The zero-order valence-electron chi connectivity index (χ0n) is 21.9. The van der Waals surface area contributed by atoms with Crippen molar-refractivity contribution in [1.29, 1.82) is 0 Å². The number of carbonyl (C=O) groups is 2. The Balaban J connectivity index is 1.55. The van der Waals surface area contributed by atoms with Crippen molar-refractivity contribution in [3.8, 4) is 11.5 Å². The molecule has 0 aliphatic carbocycles. The van der Waals surface area contributed by atoms with Gasteiger partial charge in [-0.25, -0.2) is 0 Å². The number of thiophene rings is 1. The van der Waals surface area contributed by atoms with E-state index >= 15 is 0 Å². The van der Waals surface area contributed by atoms with E-state index in [1.165, 1.54) is 4.88 Å². The molecule has 1 atom stereocenters. The summed E-state index contributed by atoms with van der Waals surface area (Å²) in [6, 6.07) is 14.4. The third-order valence-corrected chi connectivity index (χ3v) is 8.06. The molecule has 196 valence electrons. The maximum Gasteiger partial charge on any atom is 0.254 e. The predicted octanol–water partition coefficient (Wildman–Crippen LogP) is 6.16. The SMILES string of the molecule is COc1ccc(C(=O)N(CC(=O)N2CCc3sccc3[C@H]2COc2ccc(Cl)c(C)c2)C(C)(C)C)cc1. The Morgan fingerprint density at radius 1 is 1.11 bits per heavy atom. The summed E-state index contributed by atoms with van der Waals surface area (Å²) in [6.07, 6.45) is 0.789. The first-order valence-electron chi connectivity index (χ1n) is 12.3. The molecule has 2 heterocycles. The van der Waals surface area contributed by atoms with Crippen molar-refractivity contribution < 1.29 is 19.1 Å². The van der Waals surface area contributed by atoms with E-state index < -0.39 is 5.54 Å². The number of methoxy groups -OCH3 is 1. The number of benzene rings is 2. The van der Waals surface area contributed by atoms with Gasteiger partial charge in [-0.3, -0.25) is 9.59 Å². The largest absolute Gasteiger partial charge is 0.497 e. The van der Waals surface area contributed by atoms with Crippen LogP contribution < -0.4 is 9.47 Å². The second-order valence-electron chi connectivity index (χ2n) is 10.2. The molecule has 4 rings (SSSR count). The van der Waals surface area contributed by atoms with E-state index in [0.29, 0.717) is 35.2 Å². The van der Waals surface area contributed by atoms with Gasteiger partial charge in [0.2, 0.25) is 5.91 Å². The molecule has 37 heavy (non-hydrogen) atoms. The number of nitrogens with zero attached hydrogens (tertiary/aromatic N) is 2. The number of halogens is 1. The standard InChI is InChI=1S/C29H33ClN2O4S/c1-19-16-22(10-11-24(19)30)36-18-25-23-13-15-37-26(23)12-14-31(25)27(33)17-32(29(2,3)4)28(34)20-6-8-21(35-5)9-7-20/h6-11,13,15-16,25H,12,14,17-18H2,1-5H3/t25-/m1/s1. The second kappa shape index (κ2) is 11.2. The van der Waals surface area contributed by atoms with Crippen LogP contribution in [0.3, 0.4) is 0 Å². The van der Waals surface area contributed by atoms with E-state index in [4.69, 9.17) is 21.1 Å². The molecule has 0 saturated carbocycles. The highest BCUT2D eigenvalue weighted by Gasteiger charge is 2.36. The molecule has 0 saturated heterocycles. The van der Waals surface area contributed by atoms with Crippen molar-refractivity contribution in [1.82, 2.24) is 9.80 Å². The summed E-state index contributed by atoms with van der Waals surface area (Å²) in [6.45, 7) is 8.64. The van der Waals surface area contributed by atoms with Gasteiger partial charge in [-0.15, -0.1) is 11.3 Å². The Morgan fingerprint density at radius 2 is 1.81 bits per heavy atom. The Hall–Kier alpha value is -3.03. The van der Waals surface area contributed by atoms with E-state index in [1.54, 1.807) is 47.6 Å². The third-order valence-electron chi connectivity index (χ3n) is 6.64. The Bertz CT molecular complexity index is 1270. The number of rotatable bonds is 7. The number of hydrogen-bond acceptors (Lipinski definition) is 5. The number of aryl methyl sites for hydroxylation is 1. The molecule has 8 heteroatoms. The van der Waals surface area contributed by atoms with Gasteiger partial charge in [0.25, 0.3) is 5.91 Å². The number of amides is 2. The van der Waals surface area contributed by atoms with Gasteiger partial charge >= 0.3 is 0 Å². The molecule has 0 fully saturated rings. The van der Waals surface area contributed by atoms with Gasteiger partial charge in [-0.2, -0.15) is 0 Å². The van der Waals surface area contributed by atoms with Gasteiger partial charge in [0.05, 0.1) is 13.2 Å². The van der Waals surface area contributed by atoms with E-state index in [-0.39, 0.29) is 24.4 Å². The van der Waals surface area contributed by atoms with Crippen molar-refractivity contribution in [2.75, 3.05) is 26.8 Å². The van der Waals surface area contributed by atoms with E-state index in [2.05, 4.69) is 11.4 Å². The molecule has 2 amide bonds. The molecule has 2 aromatic carbocycles. The Morgan fingerprint density at radius 3 is 2.46 bits per heavy atom. The predicted molar refractivity (Wildman–Crippen MR) is 148 cm³/mol. The van der Waals surface area contributed by atoms with Crippen LogP contribution in [0.2, 0.25) is 5.02 Å². The zero-order chi connectivity index (χ0) is 26.7. The molecule has 0 radical (unpaired) electrons. The fourth-order valence-electron chi connectivity index (χ4n) is 4.49. The fraction of sp³-hybridized carbons (Fsp3) is 0.379. The minimum absolute atomic E-state index is 0.0234. The van der Waals surface area contributed by atoms with Crippen LogP contribution in [-0.4, -0.2) is 54.0 Å². The lowest BCUT2D eigenvalue weighted by Gasteiger charge is -2.40. The first-order valence-corrected chi connectivity index (χ1v) is 13.5. The molecule has 3 aromatic rings. The second-order valence-corrected chi connectivity index (χ2v) is 11.6. The van der Waals surface area contributed by atoms with Crippen LogP contribution in [0.5, 0.6) is 11.5 Å². The molecule has 1 aliphatic rings. The van der Waals surface area contributed by atoms with Crippen molar-refractivity contribution in [2.24, 2.45) is 0 Å². The van der Waals surface area contributed by atoms with Gasteiger partial charge in [0.1, 0.15) is 24.7 Å². The maximum absolute atomic E-state index is 13.8. The topological polar surface area (TPSA) is 59.1 Å². The van der Waals surface area contributed by atoms with Crippen LogP contribution in [-0.2, 0) is 11.2 Å². The van der Waals surface area contributed by atoms with E-state index in [0.717, 1.165) is 17.5 Å². The Kier molecular flexibility index (Phi) is 8.14. The number of ether oxygens (including phenoxy) is 2. The van der Waals surface area contributed by atoms with E-state index in [9.17, 15) is 9.59 Å². The lowest BCUT2D eigenvalue weighted by atomic mass is 9.99. The van der Waals surface area contributed by atoms with Gasteiger partial charge < -0.3 is 19.3 Å². The fourth-order valence-corrected chi connectivity index (χ4v) is 5.53. The molecule has 0 bridgehead atoms. The minimum atomic E-state index is -0.553. The van der Waals surface area contributed by atoms with Crippen LogP contribution in [0, 0.1) is 6.92 Å². The van der Waals surface area contributed by atoms with Crippen LogP contribution in [0.1, 0.15) is 53.2 Å². The first-order chi connectivity index (χ1) is 17.6. The van der Waals surface area contributed by atoms with Crippen molar-refractivity contribution in [3.63, 3.8) is 0 Å². The summed E-state index contributed by atoms with van der Waals surface area (Å²) in [5.41, 5.74) is 2.01. The molecule has 6 nitrogen and oxygen atoms in total. The number of hydrogen-bond donors (Lipinski definition) is 0. The molecular formula is C29H33ClN2O4S. The number of carbonyl (C=O) groups excluding carboxylic acids is 2. The van der Waals surface area contributed by atoms with Gasteiger partial charge in [0, 0.05) is 27.5 Å². The van der Waals surface area contributed by atoms with Crippen molar-refractivity contribution in [3.05, 3.63) is 80.5 Å². The summed E-state index contributed by atoms with van der Waals surface area (Å²) in [5, 5.41) is 2.75. The highest BCUT2D eigenvalue weighted by atomic mass is 35.5. The number of fused-ring (bicyclic) bond motifs is 1. The lowest BCUT2D eigenvalue weighted by Crippen LogP contribution is -2.53. The van der Waals surface area contributed by atoms with Crippen molar-refractivity contribution >= 4 is 34.8 Å². The first kappa shape index (κ1) is 27.0. The lowest BCUT2D eigenvalue weighted by molar-refractivity contribution is -0.136. The Labute approximate surface area is 227 Å². The van der Waals surface area contributed by atoms with Gasteiger partial charge in [-0.05, 0) is 99.2 Å². The van der Waals surface area contributed by atoms with E-state index in [1.807, 2.05) is 50.8 Å². The van der Waals surface area contributed by atoms with Crippen LogP contribution in [0.25, 0.3) is 0 Å². The summed E-state index contributed by atoms with van der Waals surface area (Å²) < 4.78 is 11.4. The zero-order valence-corrected chi connectivity index (χ0v) is 23.5. The van der Waals surface area contributed by atoms with Crippen LogP contribution in [0.4, 0.5) is 0 Å². The van der Waals surface area contributed by atoms with Gasteiger partial charge in [0.15, 0.2) is 0 Å². The smallest absolute Gasteiger partial charge is 0.254 e. The normalized spacial score (nSPS) is 15.2. The average Bonchev–Trinajstić information content (AvgIpc) is 3.36. The molecular weight excluding hydrogens is 508 g/mol. The monoisotopic (exact) mass is 540 g/mol. The van der Waals surface area contributed by atoms with Crippen LogP contribution >= 0.6 is 22.9 Å².